The zero-order chi connectivity index (χ0) is 22.3. The number of nitrogens with two attached hydrogens (primary N) is 1. The van der Waals surface area contributed by atoms with Crippen molar-refractivity contribution in [3.63, 3.8) is 0 Å². The molecule has 0 aromatic carbocycles. The number of nitrogens with zero attached hydrogens (tertiary/aromatic N) is 2. The normalized spacial score (nSPS) is 15.5. The highest BCUT2D eigenvalue weighted by Gasteiger charge is 2.30. The van der Waals surface area contributed by atoms with Gasteiger partial charge in [-0.25, -0.2) is 4.79 Å². The Morgan fingerprint density at radius 2 is 1.93 bits per heavy atom. The van der Waals surface area contributed by atoms with E-state index in [4.69, 9.17) is 10.5 Å². The van der Waals surface area contributed by atoms with Gasteiger partial charge in [-0.15, -0.1) is 0 Å². The van der Waals surface area contributed by atoms with Gasteiger partial charge < -0.3 is 20.7 Å². The molecule has 1 fully saturated rings. The van der Waals surface area contributed by atoms with Gasteiger partial charge in [0, 0.05) is 18.8 Å². The minimum Gasteiger partial charge on any atom is -0.444 e. The summed E-state index contributed by atoms with van der Waals surface area (Å²) in [4.78, 5) is 31.0. The molecule has 1 aromatic heterocycles. The third-order valence-corrected chi connectivity index (χ3v) is 4.71. The molecule has 2 rings (SSSR count). The van der Waals surface area contributed by atoms with Crippen LogP contribution >= 0.6 is 0 Å². The van der Waals surface area contributed by atoms with E-state index in [1.54, 1.807) is 33.0 Å². The summed E-state index contributed by atoms with van der Waals surface area (Å²) in [7, 11) is 0. The van der Waals surface area contributed by atoms with Crippen molar-refractivity contribution in [2.24, 2.45) is 0 Å². The molecule has 1 aromatic rings. The Bertz CT molecular complexity index is 761. The molecule has 1 aliphatic heterocycles. The Hall–Kier alpha value is -2.71. The molecule has 1 aliphatic rings. The first kappa shape index (κ1) is 23.6. The lowest BCUT2D eigenvalue weighted by atomic mass is 10.0. The highest BCUT2D eigenvalue weighted by molar-refractivity contribution is 5.85. The average Bonchev–Trinajstić information content (AvgIpc) is 2.67. The maximum atomic E-state index is 13.0. The molecule has 2 heterocycles. The summed E-state index contributed by atoms with van der Waals surface area (Å²) in [6.07, 6.45) is 1.09. The second kappa shape index (κ2) is 10.4. The Morgan fingerprint density at radius 1 is 1.27 bits per heavy atom. The Kier molecular flexibility index (Phi) is 8.14. The molecule has 9 heteroatoms. The fraction of sp³-hybridized carbons (Fsp3) is 0.571. The van der Waals surface area contributed by atoms with Gasteiger partial charge in [0.2, 0.25) is 5.91 Å². The molecular formula is C21H30F2N4O3. The van der Waals surface area contributed by atoms with Crippen molar-refractivity contribution in [3.05, 3.63) is 35.7 Å². The molecular weight excluding hydrogens is 394 g/mol. The molecule has 2 amide bonds. The number of rotatable bonds is 6. The number of amides is 2. The van der Waals surface area contributed by atoms with Crippen LogP contribution in [0.15, 0.2) is 30.0 Å². The van der Waals surface area contributed by atoms with Crippen LogP contribution in [0.3, 0.4) is 0 Å². The van der Waals surface area contributed by atoms with Gasteiger partial charge in [0.05, 0.1) is 11.9 Å². The number of aryl methyl sites for hydroxylation is 1. The van der Waals surface area contributed by atoms with Crippen molar-refractivity contribution in [1.82, 2.24) is 15.2 Å². The van der Waals surface area contributed by atoms with Crippen LogP contribution in [0.5, 0.6) is 0 Å². The van der Waals surface area contributed by atoms with Gasteiger partial charge in [0.15, 0.2) is 0 Å². The first-order chi connectivity index (χ1) is 14.0. The van der Waals surface area contributed by atoms with Crippen molar-refractivity contribution in [2.75, 3.05) is 18.8 Å². The van der Waals surface area contributed by atoms with E-state index in [-0.39, 0.29) is 37.4 Å². The van der Waals surface area contributed by atoms with Gasteiger partial charge in [0.1, 0.15) is 11.6 Å². The highest BCUT2D eigenvalue weighted by atomic mass is 19.3. The summed E-state index contributed by atoms with van der Waals surface area (Å²) in [6, 6.07) is 2.78. The summed E-state index contributed by atoms with van der Waals surface area (Å²) in [6.45, 7) is 5.62. The highest BCUT2D eigenvalue weighted by Crippen LogP contribution is 2.22. The molecule has 0 bridgehead atoms. The van der Waals surface area contributed by atoms with Gasteiger partial charge in [-0.2, -0.15) is 8.78 Å². The predicted octanol–water partition coefficient (Wildman–Crippen LogP) is 3.65. The lowest BCUT2D eigenvalue weighted by molar-refractivity contribution is -0.134. The number of pyridine rings is 1. The van der Waals surface area contributed by atoms with Crippen molar-refractivity contribution >= 4 is 17.7 Å². The number of likely N-dealkylation sites (tertiary alicyclic amines) is 1. The predicted molar refractivity (Wildman–Crippen MR) is 110 cm³/mol. The fourth-order valence-electron chi connectivity index (χ4n) is 3.18. The van der Waals surface area contributed by atoms with E-state index in [1.807, 2.05) is 6.07 Å². The van der Waals surface area contributed by atoms with E-state index in [0.29, 0.717) is 24.9 Å². The van der Waals surface area contributed by atoms with Crippen molar-refractivity contribution in [2.45, 2.75) is 64.5 Å². The van der Waals surface area contributed by atoms with Crippen LogP contribution in [0.1, 0.15) is 52.1 Å². The number of hydrogen-bond acceptors (Lipinski definition) is 5. The molecule has 0 radical (unpaired) electrons. The molecule has 0 unspecified atom stereocenters. The summed E-state index contributed by atoms with van der Waals surface area (Å²) in [5, 5.41) is 2.65. The smallest absolute Gasteiger partial charge is 0.408 e. The standard InChI is InChI=1S/C21H30F2N4O3/c1-21(2,3)30-20(29)26-17(6-4-5-16-8-7-15(24)13-25-16)19(28)27-11-9-14(10-12-27)18(22)23/h7-8,13,17H,4-6,9-12,24H2,1-3H3,(H,26,29)/t17-/m0/s1. The number of aromatic nitrogens is 1. The van der Waals surface area contributed by atoms with Crippen LogP contribution in [-0.4, -0.2) is 46.6 Å². The maximum absolute atomic E-state index is 13.0. The van der Waals surface area contributed by atoms with E-state index in [1.165, 1.54) is 4.90 Å². The Labute approximate surface area is 175 Å². The summed E-state index contributed by atoms with van der Waals surface area (Å²) >= 11 is 0. The average molecular weight is 424 g/mol. The molecule has 7 nitrogen and oxygen atoms in total. The zero-order valence-electron chi connectivity index (χ0n) is 17.7. The minimum absolute atomic E-state index is 0.0881. The van der Waals surface area contributed by atoms with Crippen molar-refractivity contribution in [1.29, 1.82) is 0 Å². The number of carbonyl (C=O) groups is 2. The molecule has 3 N–H and O–H groups in total. The lowest BCUT2D eigenvalue weighted by Crippen LogP contribution is -2.51. The number of piperidine rings is 1. The van der Waals surface area contributed by atoms with Crippen molar-refractivity contribution < 1.29 is 23.1 Å². The molecule has 1 saturated heterocycles. The van der Waals surface area contributed by atoms with Crippen LogP contribution in [0.2, 0.25) is 0 Å². The SMILES string of the molecule is CC(C)(C)OC(=O)N[C@@H](CCCc1ccc(N)cn1)C(=O)N1CCC(=C(F)F)CC1. The number of nitrogen functional groups attached to an aromatic ring is 1. The third kappa shape index (κ3) is 7.61. The summed E-state index contributed by atoms with van der Waals surface area (Å²) < 4.78 is 30.8. The first-order valence-corrected chi connectivity index (χ1v) is 10.1. The van der Waals surface area contributed by atoms with E-state index in [0.717, 1.165) is 5.69 Å². The third-order valence-electron chi connectivity index (χ3n) is 4.71. The second-order valence-electron chi connectivity index (χ2n) is 8.36. The zero-order valence-corrected chi connectivity index (χ0v) is 17.7. The molecule has 0 spiro atoms. The number of halogens is 2. The monoisotopic (exact) mass is 424 g/mol. The van der Waals surface area contributed by atoms with Crippen LogP contribution in [0, 0.1) is 0 Å². The number of nitrogens with one attached hydrogen (secondary N) is 1. The second-order valence-corrected chi connectivity index (χ2v) is 8.36. The van der Waals surface area contributed by atoms with Crippen LogP contribution in [-0.2, 0) is 16.0 Å². The summed E-state index contributed by atoms with van der Waals surface area (Å²) in [5.74, 6) is -0.288. The number of ether oxygens (including phenoxy) is 1. The Morgan fingerprint density at radius 3 is 2.47 bits per heavy atom. The topological polar surface area (TPSA) is 97.5 Å². The van der Waals surface area contributed by atoms with Gasteiger partial charge in [-0.1, -0.05) is 0 Å². The fourth-order valence-corrected chi connectivity index (χ4v) is 3.18. The maximum Gasteiger partial charge on any atom is 0.408 e. The van der Waals surface area contributed by atoms with E-state index >= 15 is 0 Å². The quantitative estimate of drug-likeness (QED) is 0.726. The number of hydrogen-bond donors (Lipinski definition) is 2. The number of anilines is 1. The molecule has 0 saturated carbocycles. The summed E-state index contributed by atoms with van der Waals surface area (Å²) in [5.41, 5.74) is 6.43. The van der Waals surface area contributed by atoms with Gasteiger partial charge in [0.25, 0.3) is 6.08 Å². The van der Waals surface area contributed by atoms with Gasteiger partial charge >= 0.3 is 6.09 Å². The molecule has 0 aliphatic carbocycles. The largest absolute Gasteiger partial charge is 0.444 e. The van der Waals surface area contributed by atoms with Crippen LogP contribution in [0.4, 0.5) is 19.3 Å². The molecule has 166 valence electrons. The first-order valence-electron chi connectivity index (χ1n) is 10.1. The van der Waals surface area contributed by atoms with E-state index in [9.17, 15) is 18.4 Å². The number of alkyl carbamates (subject to hydrolysis) is 1. The van der Waals surface area contributed by atoms with E-state index in [2.05, 4.69) is 10.3 Å². The minimum atomic E-state index is -1.67. The van der Waals surface area contributed by atoms with Crippen LogP contribution in [0.25, 0.3) is 0 Å². The lowest BCUT2D eigenvalue weighted by Gasteiger charge is -2.32. The molecule has 1 atom stereocenters. The van der Waals surface area contributed by atoms with Gasteiger partial charge in [-0.05, 0) is 70.6 Å². The van der Waals surface area contributed by atoms with E-state index < -0.39 is 23.8 Å². The van der Waals surface area contributed by atoms with Crippen molar-refractivity contribution in [3.8, 4) is 0 Å². The Balaban J connectivity index is 2.00. The van der Waals surface area contributed by atoms with Crippen LogP contribution < -0.4 is 11.1 Å². The molecule has 30 heavy (non-hydrogen) atoms. The van der Waals surface area contributed by atoms with Gasteiger partial charge in [-0.3, -0.25) is 9.78 Å². The number of carbonyl (C=O) groups excluding carboxylic acids is 2.